The first kappa shape index (κ1) is 15.3. The van der Waals surface area contributed by atoms with Crippen molar-refractivity contribution in [3.8, 4) is 5.75 Å². The standard InChI is InChI=1S/C16H13ClN2O4/c1-9-2-4-12(19(21)22)8-13(9)18-16(20)15-7-10-6-11(17)3-5-14(10)23-15/h2-6,8,15H,7H2,1H3,(H,18,20)/t15-/m0/s1. The summed E-state index contributed by atoms with van der Waals surface area (Å²) in [5.41, 5.74) is 1.94. The van der Waals surface area contributed by atoms with Gasteiger partial charge >= 0.3 is 0 Å². The molecule has 23 heavy (non-hydrogen) atoms. The van der Waals surface area contributed by atoms with Crippen LogP contribution in [0.2, 0.25) is 5.02 Å². The lowest BCUT2D eigenvalue weighted by atomic mass is 10.1. The molecule has 2 aromatic carbocycles. The monoisotopic (exact) mass is 332 g/mol. The highest BCUT2D eigenvalue weighted by Gasteiger charge is 2.29. The molecule has 6 nitrogen and oxygen atoms in total. The smallest absolute Gasteiger partial charge is 0.271 e. The van der Waals surface area contributed by atoms with Gasteiger partial charge in [0.25, 0.3) is 11.6 Å². The van der Waals surface area contributed by atoms with Crippen molar-refractivity contribution in [1.29, 1.82) is 0 Å². The summed E-state index contributed by atoms with van der Waals surface area (Å²) in [5.74, 6) is 0.284. The van der Waals surface area contributed by atoms with Crippen LogP contribution in [0, 0.1) is 17.0 Å². The fraction of sp³-hybridized carbons (Fsp3) is 0.188. The molecule has 0 saturated carbocycles. The van der Waals surface area contributed by atoms with Gasteiger partial charge in [-0.3, -0.25) is 14.9 Å². The lowest BCUT2D eigenvalue weighted by Gasteiger charge is -2.13. The molecular weight excluding hydrogens is 320 g/mol. The molecular formula is C16H13ClN2O4. The number of carbonyl (C=O) groups excluding carboxylic acids is 1. The molecule has 1 aliphatic heterocycles. The molecule has 7 heteroatoms. The minimum absolute atomic E-state index is 0.0756. The molecule has 1 atom stereocenters. The van der Waals surface area contributed by atoms with Gasteiger partial charge in [-0.05, 0) is 36.2 Å². The number of aryl methyl sites for hydroxylation is 1. The maximum atomic E-state index is 12.4. The van der Waals surface area contributed by atoms with Crippen LogP contribution in [-0.4, -0.2) is 16.9 Å². The minimum Gasteiger partial charge on any atom is -0.480 e. The molecule has 1 amide bonds. The van der Waals surface area contributed by atoms with Gasteiger partial charge in [0, 0.05) is 23.6 Å². The lowest BCUT2D eigenvalue weighted by molar-refractivity contribution is -0.384. The number of carbonyl (C=O) groups is 1. The third-order valence-corrected chi connectivity index (χ3v) is 3.91. The normalized spacial score (nSPS) is 15.7. The van der Waals surface area contributed by atoms with Gasteiger partial charge in [0.15, 0.2) is 6.10 Å². The Bertz CT molecular complexity index is 807. The summed E-state index contributed by atoms with van der Waals surface area (Å²) in [7, 11) is 0. The number of anilines is 1. The van der Waals surface area contributed by atoms with E-state index in [2.05, 4.69) is 5.32 Å². The number of halogens is 1. The van der Waals surface area contributed by atoms with E-state index in [1.54, 1.807) is 31.2 Å². The summed E-state index contributed by atoms with van der Waals surface area (Å²) < 4.78 is 5.61. The quantitative estimate of drug-likeness (QED) is 0.689. The first-order valence-electron chi connectivity index (χ1n) is 6.95. The van der Waals surface area contributed by atoms with Crippen molar-refractivity contribution in [2.45, 2.75) is 19.4 Å². The maximum absolute atomic E-state index is 12.4. The number of nitrogens with one attached hydrogen (secondary N) is 1. The molecule has 3 rings (SSSR count). The largest absolute Gasteiger partial charge is 0.480 e. The van der Waals surface area contributed by atoms with Crippen LogP contribution in [0.1, 0.15) is 11.1 Å². The first-order valence-corrected chi connectivity index (χ1v) is 7.33. The summed E-state index contributed by atoms with van der Waals surface area (Å²) in [5, 5.41) is 14.1. The highest BCUT2D eigenvalue weighted by Crippen LogP contribution is 2.32. The van der Waals surface area contributed by atoms with Crippen LogP contribution < -0.4 is 10.1 Å². The molecule has 0 radical (unpaired) electrons. The van der Waals surface area contributed by atoms with Gasteiger partial charge in [0.1, 0.15) is 5.75 Å². The van der Waals surface area contributed by atoms with Crippen LogP contribution in [0.25, 0.3) is 0 Å². The molecule has 0 spiro atoms. The number of nitrogens with zero attached hydrogens (tertiary/aromatic N) is 1. The zero-order valence-corrected chi connectivity index (χ0v) is 13.0. The van der Waals surface area contributed by atoms with E-state index in [1.807, 2.05) is 0 Å². The fourth-order valence-corrected chi connectivity index (χ4v) is 2.63. The molecule has 0 aliphatic carbocycles. The Labute approximate surface area is 137 Å². The molecule has 0 bridgehead atoms. The molecule has 0 unspecified atom stereocenters. The Morgan fingerprint density at radius 3 is 2.87 bits per heavy atom. The molecule has 2 aromatic rings. The van der Waals surface area contributed by atoms with Gasteiger partial charge in [-0.2, -0.15) is 0 Å². The van der Waals surface area contributed by atoms with E-state index in [1.165, 1.54) is 12.1 Å². The number of nitro groups is 1. The minimum atomic E-state index is -0.679. The second-order valence-corrected chi connectivity index (χ2v) is 5.74. The van der Waals surface area contributed by atoms with Gasteiger partial charge in [-0.25, -0.2) is 0 Å². The van der Waals surface area contributed by atoms with Crippen molar-refractivity contribution in [1.82, 2.24) is 0 Å². The third kappa shape index (κ3) is 3.12. The summed E-state index contributed by atoms with van der Waals surface area (Å²) >= 11 is 5.93. The Morgan fingerprint density at radius 1 is 1.35 bits per heavy atom. The van der Waals surface area contributed by atoms with E-state index in [4.69, 9.17) is 16.3 Å². The van der Waals surface area contributed by atoms with Crippen LogP contribution in [0.15, 0.2) is 36.4 Å². The van der Waals surface area contributed by atoms with Crippen LogP contribution in [0.3, 0.4) is 0 Å². The Kier molecular flexibility index (Phi) is 3.92. The second-order valence-electron chi connectivity index (χ2n) is 5.31. The van der Waals surface area contributed by atoms with Crippen molar-refractivity contribution in [2.24, 2.45) is 0 Å². The van der Waals surface area contributed by atoms with E-state index in [-0.39, 0.29) is 11.6 Å². The van der Waals surface area contributed by atoms with Gasteiger partial charge in [0.2, 0.25) is 0 Å². The SMILES string of the molecule is Cc1ccc([N+](=O)[O-])cc1NC(=O)[C@@H]1Cc2cc(Cl)ccc2O1. The summed E-state index contributed by atoms with van der Waals surface area (Å²) in [6.45, 7) is 1.77. The highest BCUT2D eigenvalue weighted by molar-refractivity contribution is 6.30. The van der Waals surface area contributed by atoms with Gasteiger partial charge < -0.3 is 10.1 Å². The topological polar surface area (TPSA) is 81.5 Å². The van der Waals surface area contributed by atoms with Gasteiger partial charge in [0.05, 0.1) is 10.6 Å². The van der Waals surface area contributed by atoms with Crippen molar-refractivity contribution in [2.75, 3.05) is 5.32 Å². The van der Waals surface area contributed by atoms with Crippen molar-refractivity contribution < 1.29 is 14.5 Å². The Balaban J connectivity index is 1.76. The zero-order valence-electron chi connectivity index (χ0n) is 12.2. The van der Waals surface area contributed by atoms with Gasteiger partial charge in [-0.15, -0.1) is 0 Å². The van der Waals surface area contributed by atoms with E-state index >= 15 is 0 Å². The average Bonchev–Trinajstić information content (AvgIpc) is 2.92. The summed E-state index contributed by atoms with van der Waals surface area (Å²) in [6.07, 6.45) is -0.266. The molecule has 1 heterocycles. The Hall–Kier alpha value is -2.60. The van der Waals surface area contributed by atoms with Crippen molar-refractivity contribution >= 4 is 28.9 Å². The fourth-order valence-electron chi connectivity index (χ4n) is 2.43. The Morgan fingerprint density at radius 2 is 2.13 bits per heavy atom. The summed E-state index contributed by atoms with van der Waals surface area (Å²) in [4.78, 5) is 22.7. The number of non-ortho nitro benzene ring substituents is 1. The number of benzene rings is 2. The van der Waals surface area contributed by atoms with Crippen molar-refractivity contribution in [3.05, 3.63) is 62.7 Å². The maximum Gasteiger partial charge on any atom is 0.271 e. The lowest BCUT2D eigenvalue weighted by Crippen LogP contribution is -2.31. The van der Waals surface area contributed by atoms with E-state index in [0.717, 1.165) is 11.1 Å². The van der Waals surface area contributed by atoms with Gasteiger partial charge in [-0.1, -0.05) is 17.7 Å². The molecule has 0 saturated heterocycles. The highest BCUT2D eigenvalue weighted by atomic mass is 35.5. The van der Waals surface area contributed by atoms with Crippen LogP contribution >= 0.6 is 11.6 Å². The van der Waals surface area contributed by atoms with Crippen LogP contribution in [0.5, 0.6) is 5.75 Å². The first-order chi connectivity index (χ1) is 10.9. The number of amides is 1. The predicted molar refractivity (Wildman–Crippen MR) is 86.0 cm³/mol. The zero-order chi connectivity index (χ0) is 16.6. The third-order valence-electron chi connectivity index (χ3n) is 3.68. The van der Waals surface area contributed by atoms with Crippen molar-refractivity contribution in [3.63, 3.8) is 0 Å². The summed E-state index contributed by atoms with van der Waals surface area (Å²) in [6, 6.07) is 9.52. The number of rotatable bonds is 3. The second kappa shape index (κ2) is 5.89. The molecule has 0 fully saturated rings. The van der Waals surface area contributed by atoms with E-state index in [0.29, 0.717) is 22.9 Å². The molecule has 0 aromatic heterocycles. The van der Waals surface area contributed by atoms with Crippen LogP contribution in [0.4, 0.5) is 11.4 Å². The van der Waals surface area contributed by atoms with E-state index in [9.17, 15) is 14.9 Å². The molecule has 1 aliphatic rings. The number of hydrogen-bond acceptors (Lipinski definition) is 4. The van der Waals surface area contributed by atoms with Crippen LogP contribution in [-0.2, 0) is 11.2 Å². The number of hydrogen-bond donors (Lipinski definition) is 1. The predicted octanol–water partition coefficient (Wildman–Crippen LogP) is 3.50. The molecule has 118 valence electrons. The number of ether oxygens (including phenoxy) is 1. The average molecular weight is 333 g/mol. The van der Waals surface area contributed by atoms with E-state index < -0.39 is 11.0 Å². The number of nitro benzene ring substituents is 1. The number of fused-ring (bicyclic) bond motifs is 1. The molecule has 1 N–H and O–H groups in total.